The van der Waals surface area contributed by atoms with E-state index in [-0.39, 0.29) is 0 Å². The molecule has 0 amide bonds. The molecule has 14 heavy (non-hydrogen) atoms. The summed E-state index contributed by atoms with van der Waals surface area (Å²) in [4.78, 5) is 0. The minimum Gasteiger partial charge on any atom is -0.381 e. The van der Waals surface area contributed by atoms with Gasteiger partial charge in [-0.15, -0.1) is 0 Å². The van der Waals surface area contributed by atoms with E-state index in [1.54, 1.807) is 0 Å². The molecule has 1 atom stereocenters. The first-order chi connectivity index (χ1) is 6.87. The van der Waals surface area contributed by atoms with Gasteiger partial charge in [0.1, 0.15) is 0 Å². The first kappa shape index (κ1) is 10.8. The normalized spacial score (nSPS) is 31.9. The molecular weight excluding hydrogens is 194 g/mol. The van der Waals surface area contributed by atoms with Gasteiger partial charge in [0.25, 0.3) is 0 Å². The van der Waals surface area contributed by atoms with Crippen LogP contribution in [0.15, 0.2) is 0 Å². The summed E-state index contributed by atoms with van der Waals surface area (Å²) >= 11 is 2.13. The van der Waals surface area contributed by atoms with E-state index in [2.05, 4.69) is 11.8 Å². The molecule has 0 aliphatic carbocycles. The Kier molecular flexibility index (Phi) is 3.74. The summed E-state index contributed by atoms with van der Waals surface area (Å²) < 4.78 is 5.48. The molecule has 82 valence electrons. The Bertz CT molecular complexity index is 170. The molecule has 2 aliphatic heterocycles. The highest BCUT2D eigenvalue weighted by Gasteiger charge is 2.41. The smallest absolute Gasteiger partial charge is 0.0471 e. The van der Waals surface area contributed by atoms with Gasteiger partial charge in [-0.1, -0.05) is 0 Å². The van der Waals surface area contributed by atoms with Crippen molar-refractivity contribution in [3.63, 3.8) is 0 Å². The van der Waals surface area contributed by atoms with Gasteiger partial charge in [-0.3, -0.25) is 0 Å². The van der Waals surface area contributed by atoms with Crippen LogP contribution in [0.4, 0.5) is 0 Å². The van der Waals surface area contributed by atoms with Crippen LogP contribution >= 0.6 is 11.8 Å². The third-order valence-corrected chi connectivity index (χ3v) is 5.17. The SMILES string of the molecule is NCCC1CCSCC12CCOCC2. The van der Waals surface area contributed by atoms with E-state index < -0.39 is 0 Å². The fourth-order valence-electron chi connectivity index (χ4n) is 2.91. The Morgan fingerprint density at radius 2 is 2.14 bits per heavy atom. The van der Waals surface area contributed by atoms with Gasteiger partial charge in [-0.2, -0.15) is 11.8 Å². The molecule has 1 unspecified atom stereocenters. The number of hydrogen-bond donors (Lipinski definition) is 1. The fourth-order valence-corrected chi connectivity index (χ4v) is 4.43. The van der Waals surface area contributed by atoms with Gasteiger partial charge in [0.15, 0.2) is 0 Å². The van der Waals surface area contributed by atoms with Crippen molar-refractivity contribution in [2.45, 2.75) is 25.7 Å². The van der Waals surface area contributed by atoms with Gasteiger partial charge >= 0.3 is 0 Å². The van der Waals surface area contributed by atoms with Crippen LogP contribution in [0, 0.1) is 11.3 Å². The van der Waals surface area contributed by atoms with E-state index in [1.165, 1.54) is 37.2 Å². The number of rotatable bonds is 2. The van der Waals surface area contributed by atoms with Crippen LogP contribution in [0.25, 0.3) is 0 Å². The van der Waals surface area contributed by atoms with Gasteiger partial charge in [-0.25, -0.2) is 0 Å². The van der Waals surface area contributed by atoms with Crippen LogP contribution in [0.1, 0.15) is 25.7 Å². The molecule has 2 nitrogen and oxygen atoms in total. The molecule has 2 aliphatic rings. The van der Waals surface area contributed by atoms with Crippen LogP contribution in [0.3, 0.4) is 0 Å². The van der Waals surface area contributed by atoms with Crippen molar-refractivity contribution in [1.82, 2.24) is 0 Å². The minimum atomic E-state index is 0.584. The third-order valence-electron chi connectivity index (χ3n) is 3.87. The van der Waals surface area contributed by atoms with Crippen molar-refractivity contribution in [3.05, 3.63) is 0 Å². The van der Waals surface area contributed by atoms with Crippen molar-refractivity contribution in [1.29, 1.82) is 0 Å². The number of hydrogen-bond acceptors (Lipinski definition) is 3. The predicted molar refractivity (Wildman–Crippen MR) is 61.6 cm³/mol. The zero-order valence-corrected chi connectivity index (χ0v) is 9.65. The Labute approximate surface area is 91.0 Å². The second-order valence-electron chi connectivity index (χ2n) is 4.59. The van der Waals surface area contributed by atoms with E-state index in [1.807, 2.05) is 0 Å². The van der Waals surface area contributed by atoms with E-state index in [4.69, 9.17) is 10.5 Å². The van der Waals surface area contributed by atoms with Gasteiger partial charge in [0.05, 0.1) is 0 Å². The molecular formula is C11H21NOS. The Balaban J connectivity index is 2.02. The molecule has 0 aromatic carbocycles. The van der Waals surface area contributed by atoms with Crippen molar-refractivity contribution >= 4 is 11.8 Å². The third kappa shape index (κ3) is 2.10. The summed E-state index contributed by atoms with van der Waals surface area (Å²) in [7, 11) is 0. The zero-order chi connectivity index (χ0) is 9.86. The molecule has 2 fully saturated rings. The summed E-state index contributed by atoms with van der Waals surface area (Å²) in [5.74, 6) is 3.56. The second kappa shape index (κ2) is 4.86. The maximum absolute atomic E-state index is 5.71. The Morgan fingerprint density at radius 1 is 1.36 bits per heavy atom. The van der Waals surface area contributed by atoms with Crippen LogP contribution < -0.4 is 5.73 Å². The highest BCUT2D eigenvalue weighted by atomic mass is 32.2. The summed E-state index contributed by atoms with van der Waals surface area (Å²) in [6.45, 7) is 2.81. The Hall–Kier alpha value is 0.270. The minimum absolute atomic E-state index is 0.584. The topological polar surface area (TPSA) is 35.2 Å². The molecule has 0 aromatic rings. The average molecular weight is 215 g/mol. The van der Waals surface area contributed by atoms with E-state index >= 15 is 0 Å². The van der Waals surface area contributed by atoms with Gasteiger partial charge in [0, 0.05) is 13.2 Å². The van der Waals surface area contributed by atoms with Gasteiger partial charge < -0.3 is 10.5 Å². The maximum atomic E-state index is 5.71. The number of thioether (sulfide) groups is 1. The van der Waals surface area contributed by atoms with Crippen molar-refractivity contribution in [3.8, 4) is 0 Å². The first-order valence-corrected chi connectivity index (χ1v) is 6.88. The van der Waals surface area contributed by atoms with Crippen LogP contribution in [0.5, 0.6) is 0 Å². The van der Waals surface area contributed by atoms with E-state index in [9.17, 15) is 0 Å². The van der Waals surface area contributed by atoms with Gasteiger partial charge in [-0.05, 0) is 55.1 Å². The standard InChI is InChI=1S/C11H21NOS/c12-5-1-10-2-8-14-9-11(10)3-6-13-7-4-11/h10H,1-9,12H2. The van der Waals surface area contributed by atoms with Crippen LogP contribution in [0.2, 0.25) is 0 Å². The number of ether oxygens (including phenoxy) is 1. The summed E-state index contributed by atoms with van der Waals surface area (Å²) in [6, 6.07) is 0. The predicted octanol–water partition coefficient (Wildman–Crippen LogP) is 1.89. The molecule has 2 heterocycles. The largest absolute Gasteiger partial charge is 0.381 e. The lowest BCUT2D eigenvalue weighted by molar-refractivity contribution is -0.00939. The first-order valence-electron chi connectivity index (χ1n) is 5.73. The lowest BCUT2D eigenvalue weighted by atomic mass is 9.68. The summed E-state index contributed by atoms with van der Waals surface area (Å²) in [5, 5.41) is 0. The molecule has 1 spiro atoms. The summed E-state index contributed by atoms with van der Waals surface area (Å²) in [6.07, 6.45) is 5.14. The highest BCUT2D eigenvalue weighted by Crippen LogP contribution is 2.47. The molecule has 2 rings (SSSR count). The number of nitrogens with two attached hydrogens (primary N) is 1. The molecule has 2 saturated heterocycles. The maximum Gasteiger partial charge on any atom is 0.0471 e. The van der Waals surface area contributed by atoms with Crippen molar-refractivity contribution in [2.75, 3.05) is 31.3 Å². The van der Waals surface area contributed by atoms with E-state index in [0.29, 0.717) is 5.41 Å². The lowest BCUT2D eigenvalue weighted by Crippen LogP contribution is -2.42. The fraction of sp³-hybridized carbons (Fsp3) is 1.00. The highest BCUT2D eigenvalue weighted by molar-refractivity contribution is 7.99. The van der Waals surface area contributed by atoms with Crippen molar-refractivity contribution < 1.29 is 4.74 Å². The van der Waals surface area contributed by atoms with E-state index in [0.717, 1.165) is 25.7 Å². The van der Waals surface area contributed by atoms with Crippen LogP contribution in [-0.2, 0) is 4.74 Å². The monoisotopic (exact) mass is 215 g/mol. The lowest BCUT2D eigenvalue weighted by Gasteiger charge is -2.46. The summed E-state index contributed by atoms with van der Waals surface area (Å²) in [5.41, 5.74) is 6.30. The quantitative estimate of drug-likeness (QED) is 0.764. The molecule has 2 N–H and O–H groups in total. The van der Waals surface area contributed by atoms with Gasteiger partial charge in [0.2, 0.25) is 0 Å². The van der Waals surface area contributed by atoms with Crippen LogP contribution in [-0.4, -0.2) is 31.3 Å². The second-order valence-corrected chi connectivity index (χ2v) is 5.70. The Morgan fingerprint density at radius 3 is 2.86 bits per heavy atom. The molecule has 3 heteroatoms. The molecule has 0 radical (unpaired) electrons. The molecule has 0 saturated carbocycles. The molecule has 0 aromatic heterocycles. The van der Waals surface area contributed by atoms with Crippen molar-refractivity contribution in [2.24, 2.45) is 17.1 Å². The molecule has 0 bridgehead atoms. The zero-order valence-electron chi connectivity index (χ0n) is 8.84. The average Bonchev–Trinajstić information content (AvgIpc) is 2.23.